The molecule has 2 aliphatic rings. The molecular formula is C38H23N3. The molecule has 41 heavy (non-hydrogen) atoms. The molecule has 1 spiro atoms. The zero-order valence-electron chi connectivity index (χ0n) is 22.1. The summed E-state index contributed by atoms with van der Waals surface area (Å²) >= 11 is 0. The molecule has 0 saturated carbocycles. The number of benzene rings is 6. The molecule has 0 saturated heterocycles. The van der Waals surface area contributed by atoms with E-state index in [2.05, 4.69) is 143 Å². The molecule has 0 bridgehead atoms. The third-order valence-corrected chi connectivity index (χ3v) is 9.33. The molecule has 0 unspecified atom stereocenters. The van der Waals surface area contributed by atoms with Crippen molar-refractivity contribution >= 4 is 32.8 Å². The molecular weight excluding hydrogens is 498 g/mol. The van der Waals surface area contributed by atoms with E-state index in [-0.39, 0.29) is 0 Å². The van der Waals surface area contributed by atoms with Crippen LogP contribution in [0.3, 0.4) is 0 Å². The quantitative estimate of drug-likeness (QED) is 0.230. The molecule has 0 amide bonds. The van der Waals surface area contributed by atoms with Crippen LogP contribution < -0.4 is 0 Å². The highest BCUT2D eigenvalue weighted by Gasteiger charge is 2.53. The summed E-state index contributed by atoms with van der Waals surface area (Å²) in [5.74, 6) is 1.08. The van der Waals surface area contributed by atoms with E-state index >= 15 is 0 Å². The van der Waals surface area contributed by atoms with Gasteiger partial charge in [-0.25, -0.2) is 4.98 Å². The summed E-state index contributed by atoms with van der Waals surface area (Å²) in [7, 11) is 0. The largest absolute Gasteiger partial charge is 0.355 e. The van der Waals surface area contributed by atoms with Gasteiger partial charge in [0.05, 0.1) is 16.7 Å². The zero-order valence-corrected chi connectivity index (χ0v) is 22.1. The normalized spacial score (nSPS) is 14.0. The molecule has 3 heteroatoms. The van der Waals surface area contributed by atoms with E-state index in [0.29, 0.717) is 0 Å². The van der Waals surface area contributed by atoms with Crippen molar-refractivity contribution in [2.45, 2.75) is 5.41 Å². The maximum absolute atomic E-state index is 5.49. The maximum Gasteiger partial charge on any atom is 0.134 e. The van der Waals surface area contributed by atoms with Crippen molar-refractivity contribution in [3.63, 3.8) is 0 Å². The molecule has 6 aromatic carbocycles. The van der Waals surface area contributed by atoms with Crippen molar-refractivity contribution < 1.29 is 0 Å². The van der Waals surface area contributed by atoms with Gasteiger partial charge in [0.25, 0.3) is 0 Å². The minimum atomic E-state index is -0.439. The fourth-order valence-electron chi connectivity index (χ4n) is 7.66. The number of nitrogens with zero attached hydrogens (tertiary/aromatic N) is 2. The fraction of sp³-hybridized carbons (Fsp3) is 0.0263. The third kappa shape index (κ3) is 2.53. The standard InChI is InChI=1S/C38H23N3/c1-4-12-29-25(9-1)26-10-2-5-13-30(26)38(29)31-14-6-8-16-35(31)41-36-20-18-24(22-34(36)40-37(38)41)23-17-19-33-28(21-23)27-11-3-7-15-32(27)39-33/h1-22,39H. The van der Waals surface area contributed by atoms with Gasteiger partial charge in [-0.15, -0.1) is 0 Å². The average molecular weight is 522 g/mol. The van der Waals surface area contributed by atoms with Crippen LogP contribution in [0.4, 0.5) is 0 Å². The number of H-pyrrole nitrogens is 1. The van der Waals surface area contributed by atoms with Crippen LogP contribution in [0, 0.1) is 0 Å². The van der Waals surface area contributed by atoms with E-state index in [1.165, 1.54) is 60.9 Å². The molecule has 2 aromatic heterocycles. The van der Waals surface area contributed by atoms with Crippen molar-refractivity contribution in [2.75, 3.05) is 0 Å². The van der Waals surface area contributed by atoms with Gasteiger partial charge in [0, 0.05) is 21.8 Å². The van der Waals surface area contributed by atoms with Crippen molar-refractivity contribution in [3.8, 4) is 27.9 Å². The van der Waals surface area contributed by atoms with Gasteiger partial charge in [-0.05, 0) is 75.3 Å². The SMILES string of the molecule is c1ccc2c(c1)-c1ccccc1C21c2ccccc2-n2c1nc1cc(-c3ccc4[nH]c5ccccc5c4c3)ccc12. The van der Waals surface area contributed by atoms with Crippen LogP contribution in [0.5, 0.6) is 0 Å². The Morgan fingerprint density at radius 1 is 0.537 bits per heavy atom. The summed E-state index contributed by atoms with van der Waals surface area (Å²) in [4.78, 5) is 9.04. The highest BCUT2D eigenvalue weighted by Crippen LogP contribution is 2.60. The highest BCUT2D eigenvalue weighted by atomic mass is 15.1. The summed E-state index contributed by atoms with van der Waals surface area (Å²) in [6, 6.07) is 48.6. The monoisotopic (exact) mass is 521 g/mol. The number of hydrogen-bond donors (Lipinski definition) is 1. The van der Waals surface area contributed by atoms with Crippen LogP contribution in [0.25, 0.3) is 60.8 Å². The van der Waals surface area contributed by atoms with Crippen LogP contribution in [-0.4, -0.2) is 14.5 Å². The lowest BCUT2D eigenvalue weighted by atomic mass is 9.73. The van der Waals surface area contributed by atoms with E-state index in [1.54, 1.807) is 0 Å². The molecule has 3 nitrogen and oxygen atoms in total. The molecule has 1 aliphatic heterocycles. The van der Waals surface area contributed by atoms with E-state index in [1.807, 2.05) is 0 Å². The van der Waals surface area contributed by atoms with Crippen molar-refractivity contribution in [1.29, 1.82) is 0 Å². The number of aromatic nitrogens is 3. The fourth-order valence-corrected chi connectivity index (χ4v) is 7.66. The molecule has 0 radical (unpaired) electrons. The van der Waals surface area contributed by atoms with Crippen molar-refractivity contribution in [1.82, 2.24) is 14.5 Å². The first-order chi connectivity index (χ1) is 20.3. The minimum Gasteiger partial charge on any atom is -0.355 e. The number of para-hydroxylation sites is 2. The van der Waals surface area contributed by atoms with Gasteiger partial charge in [-0.3, -0.25) is 4.57 Å². The lowest BCUT2D eigenvalue weighted by molar-refractivity contribution is 0.738. The Balaban J connectivity index is 1.25. The van der Waals surface area contributed by atoms with Gasteiger partial charge in [0.1, 0.15) is 11.2 Å². The van der Waals surface area contributed by atoms with Crippen molar-refractivity contribution in [2.24, 2.45) is 0 Å². The highest BCUT2D eigenvalue weighted by molar-refractivity contribution is 6.08. The third-order valence-electron chi connectivity index (χ3n) is 9.33. The first-order valence-electron chi connectivity index (χ1n) is 14.2. The Kier molecular flexibility index (Phi) is 3.87. The van der Waals surface area contributed by atoms with E-state index < -0.39 is 5.41 Å². The van der Waals surface area contributed by atoms with Crippen LogP contribution in [0.15, 0.2) is 133 Å². The summed E-state index contributed by atoms with van der Waals surface area (Å²) in [6.07, 6.45) is 0. The predicted molar refractivity (Wildman–Crippen MR) is 167 cm³/mol. The van der Waals surface area contributed by atoms with Crippen LogP contribution >= 0.6 is 0 Å². The number of hydrogen-bond acceptors (Lipinski definition) is 1. The molecule has 10 rings (SSSR count). The minimum absolute atomic E-state index is 0.439. The molecule has 3 heterocycles. The first kappa shape index (κ1) is 21.4. The van der Waals surface area contributed by atoms with E-state index in [0.717, 1.165) is 22.4 Å². The molecule has 0 atom stereocenters. The lowest BCUT2D eigenvalue weighted by Crippen LogP contribution is -2.27. The molecule has 1 N–H and O–H groups in total. The Hall–Kier alpha value is -5.41. The van der Waals surface area contributed by atoms with Gasteiger partial charge in [0.15, 0.2) is 0 Å². The topological polar surface area (TPSA) is 33.6 Å². The summed E-state index contributed by atoms with van der Waals surface area (Å²) < 4.78 is 2.40. The number of imidazole rings is 1. The second kappa shape index (κ2) is 7.41. The smallest absolute Gasteiger partial charge is 0.134 e. The van der Waals surface area contributed by atoms with E-state index in [9.17, 15) is 0 Å². The Morgan fingerprint density at radius 3 is 2.00 bits per heavy atom. The summed E-state index contributed by atoms with van der Waals surface area (Å²) in [5, 5.41) is 2.50. The number of aromatic amines is 1. The second-order valence-corrected chi connectivity index (χ2v) is 11.3. The number of nitrogens with one attached hydrogen (secondary N) is 1. The zero-order chi connectivity index (χ0) is 26.7. The lowest BCUT2D eigenvalue weighted by Gasteiger charge is -2.27. The van der Waals surface area contributed by atoms with Gasteiger partial charge in [-0.1, -0.05) is 97.1 Å². The second-order valence-electron chi connectivity index (χ2n) is 11.3. The maximum atomic E-state index is 5.49. The van der Waals surface area contributed by atoms with Gasteiger partial charge < -0.3 is 4.98 Å². The Morgan fingerprint density at radius 2 is 1.17 bits per heavy atom. The van der Waals surface area contributed by atoms with Gasteiger partial charge in [0.2, 0.25) is 0 Å². The summed E-state index contributed by atoms with van der Waals surface area (Å²) in [5.41, 5.74) is 14.2. The number of rotatable bonds is 1. The number of fused-ring (bicyclic) bond motifs is 15. The molecule has 190 valence electrons. The molecule has 0 fully saturated rings. The average Bonchev–Trinajstić information content (AvgIpc) is 3.75. The van der Waals surface area contributed by atoms with Crippen molar-refractivity contribution in [3.05, 3.63) is 156 Å². The Bertz CT molecular complexity index is 2340. The van der Waals surface area contributed by atoms with Gasteiger partial charge in [-0.2, -0.15) is 0 Å². The molecule has 1 aliphatic carbocycles. The Labute approximate surface area is 236 Å². The van der Waals surface area contributed by atoms with Crippen LogP contribution in [0.1, 0.15) is 22.5 Å². The van der Waals surface area contributed by atoms with E-state index in [4.69, 9.17) is 4.98 Å². The predicted octanol–water partition coefficient (Wildman–Crippen LogP) is 9.00. The van der Waals surface area contributed by atoms with Gasteiger partial charge >= 0.3 is 0 Å². The van der Waals surface area contributed by atoms with Crippen LogP contribution in [0.2, 0.25) is 0 Å². The first-order valence-corrected chi connectivity index (χ1v) is 14.2. The molecule has 8 aromatic rings. The van der Waals surface area contributed by atoms with Crippen LogP contribution in [-0.2, 0) is 5.41 Å². The summed E-state index contributed by atoms with van der Waals surface area (Å²) in [6.45, 7) is 0.